The molecule has 0 aliphatic heterocycles. The fraction of sp³-hybridized carbons (Fsp3) is 0.100. The second kappa shape index (κ2) is 9.11. The molecular weight excluding hydrogens is 514 g/mol. The summed E-state index contributed by atoms with van der Waals surface area (Å²) >= 11 is 24.2. The van der Waals surface area contributed by atoms with Crippen LogP contribution in [0.3, 0.4) is 0 Å². The molecule has 0 amide bonds. The molecule has 33 heavy (non-hydrogen) atoms. The second-order valence-electron chi connectivity index (χ2n) is 6.74. The fourth-order valence-electron chi connectivity index (χ4n) is 2.98. The number of hydrogen-bond donors (Lipinski definition) is 0. The third-order valence-electron chi connectivity index (χ3n) is 4.64. The molecule has 0 saturated heterocycles. The maximum Gasteiger partial charge on any atom is 0.368 e. The second-order valence-corrected chi connectivity index (χ2v) is 8.43. The van der Waals surface area contributed by atoms with Crippen molar-refractivity contribution in [3.63, 3.8) is 0 Å². The minimum Gasteiger partial charge on any atom is -0.383 e. The fourth-order valence-corrected chi connectivity index (χ4v) is 3.96. The molecule has 4 aromatic rings. The highest BCUT2D eigenvalue weighted by Gasteiger charge is 2.26. The molecule has 2 aromatic heterocycles. The first-order chi connectivity index (χ1) is 15.7. The minimum atomic E-state index is -1.01. The third kappa shape index (κ3) is 4.45. The van der Waals surface area contributed by atoms with Gasteiger partial charge in [-0.3, -0.25) is 0 Å². The average Bonchev–Trinajstić information content (AvgIpc) is 3.31. The zero-order valence-electron chi connectivity index (χ0n) is 16.9. The Balaban J connectivity index is 1.57. The van der Waals surface area contributed by atoms with Crippen LogP contribution in [0.4, 0.5) is 0 Å². The third-order valence-corrected chi connectivity index (χ3v) is 5.71. The summed E-state index contributed by atoms with van der Waals surface area (Å²) in [5.41, 5.74) is 1.20. The molecule has 9 nitrogen and oxygen atoms in total. The van der Waals surface area contributed by atoms with Crippen LogP contribution in [0.1, 0.15) is 32.4 Å². The first kappa shape index (κ1) is 23.2. The summed E-state index contributed by atoms with van der Waals surface area (Å²) < 4.78 is 7.64. The summed E-state index contributed by atoms with van der Waals surface area (Å²) in [5, 5.41) is 17.0. The SMILES string of the molecule is Cc1c(C(=O)OC(=O)c2nnn(-c3ccc(Cl)cc3Cl)c2C)nnn1-c1ccc(Cl)cc1Cl. The highest BCUT2D eigenvalue weighted by molar-refractivity contribution is 6.36. The van der Waals surface area contributed by atoms with Gasteiger partial charge in [-0.1, -0.05) is 56.8 Å². The van der Waals surface area contributed by atoms with Crippen molar-refractivity contribution in [3.8, 4) is 11.4 Å². The van der Waals surface area contributed by atoms with Gasteiger partial charge in [0.2, 0.25) is 0 Å². The van der Waals surface area contributed by atoms with Gasteiger partial charge in [-0.2, -0.15) is 0 Å². The van der Waals surface area contributed by atoms with Gasteiger partial charge in [0.25, 0.3) is 0 Å². The van der Waals surface area contributed by atoms with Gasteiger partial charge in [-0.25, -0.2) is 19.0 Å². The number of halogens is 4. The normalized spacial score (nSPS) is 11.0. The lowest BCUT2D eigenvalue weighted by Crippen LogP contribution is -2.16. The standard InChI is InChI=1S/C20H12Cl4N6O3/c1-9-17(25-27-29(9)15-5-3-11(21)7-13(15)23)19(31)33-20(32)18-10(2)30(28-26-18)16-6-4-12(22)8-14(16)24/h3-8H,1-2H3. The Kier molecular flexibility index (Phi) is 6.40. The molecule has 0 N–H and O–H groups in total. The van der Waals surface area contributed by atoms with Gasteiger partial charge in [-0.05, 0) is 50.2 Å². The van der Waals surface area contributed by atoms with Crippen LogP contribution in [-0.2, 0) is 4.74 Å². The molecule has 0 radical (unpaired) electrons. The van der Waals surface area contributed by atoms with Crippen LogP contribution in [0.25, 0.3) is 11.4 Å². The van der Waals surface area contributed by atoms with Gasteiger partial charge in [0, 0.05) is 10.0 Å². The van der Waals surface area contributed by atoms with Gasteiger partial charge in [-0.15, -0.1) is 10.2 Å². The number of benzene rings is 2. The van der Waals surface area contributed by atoms with Gasteiger partial charge >= 0.3 is 11.9 Å². The van der Waals surface area contributed by atoms with Crippen molar-refractivity contribution in [2.24, 2.45) is 0 Å². The molecule has 0 unspecified atom stereocenters. The van der Waals surface area contributed by atoms with Crippen LogP contribution in [-0.4, -0.2) is 41.9 Å². The van der Waals surface area contributed by atoms with Crippen LogP contribution in [0, 0.1) is 13.8 Å². The molecule has 168 valence electrons. The summed E-state index contributed by atoms with van der Waals surface area (Å²) in [6.07, 6.45) is 0. The molecule has 2 heterocycles. The topological polar surface area (TPSA) is 105 Å². The smallest absolute Gasteiger partial charge is 0.368 e. The van der Waals surface area contributed by atoms with E-state index >= 15 is 0 Å². The van der Waals surface area contributed by atoms with Gasteiger partial charge in [0.15, 0.2) is 11.4 Å². The molecule has 0 saturated carbocycles. The maximum absolute atomic E-state index is 12.6. The molecule has 0 aliphatic rings. The Morgan fingerprint density at radius 2 is 1.12 bits per heavy atom. The number of aromatic nitrogens is 6. The Morgan fingerprint density at radius 1 is 0.727 bits per heavy atom. The van der Waals surface area contributed by atoms with E-state index in [0.29, 0.717) is 42.9 Å². The first-order valence-corrected chi connectivity index (χ1v) is 10.7. The molecule has 2 aromatic carbocycles. The number of carbonyl (C=O) groups is 2. The van der Waals surface area contributed by atoms with Crippen LogP contribution < -0.4 is 0 Å². The summed E-state index contributed by atoms with van der Waals surface area (Å²) in [7, 11) is 0. The monoisotopic (exact) mass is 524 g/mol. The summed E-state index contributed by atoms with van der Waals surface area (Å²) in [6, 6.07) is 9.53. The summed E-state index contributed by atoms with van der Waals surface area (Å²) in [6.45, 7) is 3.16. The van der Waals surface area contributed by atoms with E-state index < -0.39 is 11.9 Å². The largest absolute Gasteiger partial charge is 0.383 e. The van der Waals surface area contributed by atoms with Crippen LogP contribution in [0.2, 0.25) is 20.1 Å². The number of carbonyl (C=O) groups excluding carboxylic acids is 2. The van der Waals surface area contributed by atoms with E-state index in [9.17, 15) is 9.59 Å². The Bertz CT molecular complexity index is 1310. The molecular formula is C20H12Cl4N6O3. The zero-order valence-corrected chi connectivity index (χ0v) is 19.9. The molecule has 0 spiro atoms. The Morgan fingerprint density at radius 3 is 1.48 bits per heavy atom. The van der Waals surface area contributed by atoms with Crippen molar-refractivity contribution in [2.75, 3.05) is 0 Å². The van der Waals surface area contributed by atoms with Crippen LogP contribution in [0.15, 0.2) is 36.4 Å². The van der Waals surface area contributed by atoms with Gasteiger partial charge in [0.1, 0.15) is 0 Å². The lowest BCUT2D eigenvalue weighted by atomic mass is 10.3. The summed E-state index contributed by atoms with van der Waals surface area (Å²) in [4.78, 5) is 25.2. The van der Waals surface area contributed by atoms with E-state index in [1.54, 1.807) is 38.1 Å². The quantitative estimate of drug-likeness (QED) is 0.270. The zero-order chi connectivity index (χ0) is 23.9. The lowest BCUT2D eigenvalue weighted by molar-refractivity contribution is 0.0388. The van der Waals surface area contributed by atoms with E-state index in [1.807, 2.05) is 0 Å². The Labute approximate surface area is 206 Å². The van der Waals surface area contributed by atoms with Crippen molar-refractivity contribution >= 4 is 58.3 Å². The van der Waals surface area contributed by atoms with Crippen molar-refractivity contribution in [1.82, 2.24) is 30.0 Å². The number of hydrogen-bond acceptors (Lipinski definition) is 7. The first-order valence-electron chi connectivity index (χ1n) is 9.19. The number of esters is 2. The van der Waals surface area contributed by atoms with Crippen molar-refractivity contribution in [1.29, 1.82) is 0 Å². The van der Waals surface area contributed by atoms with Crippen molar-refractivity contribution in [2.45, 2.75) is 13.8 Å². The average molecular weight is 526 g/mol. The highest BCUT2D eigenvalue weighted by Crippen LogP contribution is 2.27. The molecule has 0 fully saturated rings. The van der Waals surface area contributed by atoms with E-state index in [0.717, 1.165) is 0 Å². The van der Waals surface area contributed by atoms with E-state index in [1.165, 1.54) is 21.5 Å². The lowest BCUT2D eigenvalue weighted by Gasteiger charge is -2.07. The highest BCUT2D eigenvalue weighted by atomic mass is 35.5. The minimum absolute atomic E-state index is 0.167. The predicted octanol–water partition coefficient (Wildman–Crippen LogP) is 5.08. The van der Waals surface area contributed by atoms with Crippen LogP contribution >= 0.6 is 46.4 Å². The molecule has 0 aliphatic carbocycles. The van der Waals surface area contributed by atoms with E-state index in [4.69, 9.17) is 51.1 Å². The molecule has 4 rings (SSSR count). The number of ether oxygens (including phenoxy) is 1. The predicted molar refractivity (Wildman–Crippen MR) is 122 cm³/mol. The van der Waals surface area contributed by atoms with Gasteiger partial charge < -0.3 is 4.74 Å². The summed E-state index contributed by atoms with van der Waals surface area (Å²) in [5.74, 6) is -2.01. The van der Waals surface area contributed by atoms with Crippen LogP contribution in [0.5, 0.6) is 0 Å². The number of nitrogens with zero attached hydrogens (tertiary/aromatic N) is 6. The van der Waals surface area contributed by atoms with Crippen molar-refractivity contribution < 1.29 is 14.3 Å². The number of rotatable bonds is 4. The molecule has 0 atom stereocenters. The van der Waals surface area contributed by atoms with E-state index in [-0.39, 0.29) is 11.4 Å². The van der Waals surface area contributed by atoms with Crippen molar-refractivity contribution in [3.05, 3.63) is 79.3 Å². The molecule has 13 heteroatoms. The van der Waals surface area contributed by atoms with Gasteiger partial charge in [0.05, 0.1) is 32.8 Å². The maximum atomic E-state index is 12.6. The Hall–Kier alpha value is -2.98. The molecule has 0 bridgehead atoms. The van der Waals surface area contributed by atoms with E-state index in [2.05, 4.69) is 20.6 Å².